The minimum absolute atomic E-state index is 0.0624. The number of alkyl halides is 2. The predicted octanol–water partition coefficient (Wildman–Crippen LogP) is 0.985. The third-order valence-electron chi connectivity index (χ3n) is 3.59. The van der Waals surface area contributed by atoms with Gasteiger partial charge in [0.2, 0.25) is 0 Å². The van der Waals surface area contributed by atoms with Crippen LogP contribution in [0.5, 0.6) is 5.75 Å². The molecule has 1 aromatic rings. The molecule has 2 aliphatic rings. The van der Waals surface area contributed by atoms with Crippen LogP contribution in [0.2, 0.25) is 0 Å². The van der Waals surface area contributed by atoms with Crippen molar-refractivity contribution >= 4 is 11.4 Å². The molecular weight excluding hydrogens is 302 g/mol. The topological polar surface area (TPSA) is 56.8 Å². The zero-order valence-electron chi connectivity index (χ0n) is 11.3. The summed E-state index contributed by atoms with van der Waals surface area (Å²) in [6, 6.07) is 5.91. The monoisotopic (exact) mass is 318 g/mol. The van der Waals surface area contributed by atoms with Crippen LogP contribution >= 0.6 is 0 Å². The van der Waals surface area contributed by atoms with Crippen molar-refractivity contribution in [1.29, 1.82) is 0 Å². The molecular formula is C13H16F2N2O3S. The van der Waals surface area contributed by atoms with Gasteiger partial charge < -0.3 is 19.3 Å². The van der Waals surface area contributed by atoms with Crippen molar-refractivity contribution < 1.29 is 22.8 Å². The van der Waals surface area contributed by atoms with Gasteiger partial charge in [0, 0.05) is 13.1 Å². The molecule has 3 rings (SSSR count). The summed E-state index contributed by atoms with van der Waals surface area (Å²) < 4.78 is 48.6. The molecule has 0 radical (unpaired) electrons. The highest BCUT2D eigenvalue weighted by atomic mass is 32.2. The van der Waals surface area contributed by atoms with Crippen molar-refractivity contribution in [2.75, 3.05) is 32.8 Å². The Hall–Kier alpha value is -0.930. The zero-order chi connectivity index (χ0) is 14.9. The summed E-state index contributed by atoms with van der Waals surface area (Å²) in [6.07, 6.45) is 0. The highest BCUT2D eigenvalue weighted by Gasteiger charge is 2.45. The van der Waals surface area contributed by atoms with Crippen molar-refractivity contribution in [3.63, 3.8) is 0 Å². The van der Waals surface area contributed by atoms with Crippen LogP contribution in [0.4, 0.5) is 8.78 Å². The molecule has 1 unspecified atom stereocenters. The summed E-state index contributed by atoms with van der Waals surface area (Å²) in [5.41, 5.74) is -0.230. The molecule has 21 heavy (non-hydrogen) atoms. The maximum Gasteiger partial charge on any atom is 0.387 e. The Morgan fingerprint density at radius 2 is 2.05 bits per heavy atom. The Kier molecular flexibility index (Phi) is 4.32. The molecule has 2 saturated heterocycles. The normalized spacial score (nSPS) is 23.0. The quantitative estimate of drug-likeness (QED) is 0.839. The summed E-state index contributed by atoms with van der Waals surface area (Å²) in [6.45, 7) is 0.404. The lowest BCUT2D eigenvalue weighted by Gasteiger charge is -2.47. The first-order chi connectivity index (χ1) is 10.1. The van der Waals surface area contributed by atoms with Gasteiger partial charge in [-0.15, -0.1) is 4.31 Å². The van der Waals surface area contributed by atoms with Crippen molar-refractivity contribution in [3.05, 3.63) is 24.3 Å². The molecule has 2 heterocycles. The molecule has 1 N–H and O–H groups in total. The molecule has 8 heteroatoms. The first-order valence-corrected chi connectivity index (χ1v) is 7.75. The second-order valence-electron chi connectivity index (χ2n) is 5.10. The minimum atomic E-state index is -2.86. The summed E-state index contributed by atoms with van der Waals surface area (Å²) >= 11 is -1.32. The Balaban J connectivity index is 1.65. The number of nitrogens with zero attached hydrogens (tertiary/aromatic N) is 1. The predicted molar refractivity (Wildman–Crippen MR) is 72.6 cm³/mol. The van der Waals surface area contributed by atoms with Gasteiger partial charge in [0.1, 0.15) is 11.4 Å². The standard InChI is InChI=1S/C13H16F2N2O3S/c14-12(15)20-10-1-3-11(4-2-10)21(18)17-5-6-19-13(9-17)7-16-8-13/h1-4,12,16H,5-9H2. The average molecular weight is 318 g/mol. The summed E-state index contributed by atoms with van der Waals surface area (Å²) in [5.74, 6) is 0.0624. The van der Waals surface area contributed by atoms with Gasteiger partial charge in [-0.3, -0.25) is 0 Å². The molecule has 2 aliphatic heterocycles. The SMILES string of the molecule is [O-][S+](c1ccc(OC(F)F)cc1)N1CCOC2(CNC2)C1. The van der Waals surface area contributed by atoms with Crippen molar-refractivity contribution in [1.82, 2.24) is 9.62 Å². The highest BCUT2D eigenvalue weighted by molar-refractivity contribution is 7.89. The number of hydrogen-bond acceptors (Lipinski definition) is 5. The molecule has 1 atom stereocenters. The molecule has 0 amide bonds. The smallest absolute Gasteiger partial charge is 0.387 e. The van der Waals surface area contributed by atoms with Crippen LogP contribution in [0.15, 0.2) is 29.2 Å². The van der Waals surface area contributed by atoms with E-state index in [9.17, 15) is 13.3 Å². The van der Waals surface area contributed by atoms with Gasteiger partial charge in [0.25, 0.3) is 0 Å². The number of halogens is 2. The fraction of sp³-hybridized carbons (Fsp3) is 0.538. The van der Waals surface area contributed by atoms with Gasteiger partial charge in [-0.2, -0.15) is 8.78 Å². The first-order valence-electron chi connectivity index (χ1n) is 6.64. The molecule has 0 aliphatic carbocycles. The van der Waals surface area contributed by atoms with Crippen LogP contribution in [0.1, 0.15) is 0 Å². The molecule has 116 valence electrons. The molecule has 0 aromatic heterocycles. The Morgan fingerprint density at radius 3 is 2.62 bits per heavy atom. The van der Waals surface area contributed by atoms with Crippen LogP contribution in [-0.2, 0) is 16.1 Å². The number of ether oxygens (including phenoxy) is 2. The lowest BCUT2D eigenvalue weighted by Crippen LogP contribution is -2.69. The van der Waals surface area contributed by atoms with E-state index in [1.54, 1.807) is 12.1 Å². The van der Waals surface area contributed by atoms with Gasteiger partial charge in [0.15, 0.2) is 4.90 Å². The summed E-state index contributed by atoms with van der Waals surface area (Å²) in [4.78, 5) is 0.570. The van der Waals surface area contributed by atoms with Crippen molar-refractivity contribution in [3.8, 4) is 5.75 Å². The number of nitrogens with one attached hydrogen (secondary N) is 1. The number of morpholine rings is 1. The Bertz CT molecular complexity index is 485. The van der Waals surface area contributed by atoms with E-state index >= 15 is 0 Å². The first kappa shape index (κ1) is 15.0. The van der Waals surface area contributed by atoms with E-state index in [-0.39, 0.29) is 11.4 Å². The van der Waals surface area contributed by atoms with Gasteiger partial charge >= 0.3 is 6.61 Å². The summed E-state index contributed by atoms with van der Waals surface area (Å²) in [7, 11) is 0. The number of benzene rings is 1. The second kappa shape index (κ2) is 6.05. The average Bonchev–Trinajstić information content (AvgIpc) is 2.45. The van der Waals surface area contributed by atoms with Crippen LogP contribution < -0.4 is 10.1 Å². The fourth-order valence-electron chi connectivity index (χ4n) is 2.46. The van der Waals surface area contributed by atoms with Crippen LogP contribution in [-0.4, -0.2) is 53.9 Å². The molecule has 1 aromatic carbocycles. The van der Waals surface area contributed by atoms with E-state index < -0.39 is 18.0 Å². The molecule has 0 bridgehead atoms. The van der Waals surface area contributed by atoms with Gasteiger partial charge in [-0.1, -0.05) is 0 Å². The Labute approximate surface area is 124 Å². The maximum atomic E-state index is 12.5. The van der Waals surface area contributed by atoms with E-state index in [2.05, 4.69) is 10.1 Å². The fourth-order valence-corrected chi connectivity index (χ4v) is 3.72. The highest BCUT2D eigenvalue weighted by Crippen LogP contribution is 2.27. The van der Waals surface area contributed by atoms with Gasteiger partial charge in [0.05, 0.1) is 31.1 Å². The van der Waals surface area contributed by atoms with Crippen molar-refractivity contribution in [2.45, 2.75) is 17.1 Å². The van der Waals surface area contributed by atoms with Crippen molar-refractivity contribution in [2.24, 2.45) is 0 Å². The molecule has 2 fully saturated rings. The second-order valence-corrected chi connectivity index (χ2v) is 6.58. The molecule has 1 spiro atoms. The van der Waals surface area contributed by atoms with Gasteiger partial charge in [-0.25, -0.2) is 0 Å². The maximum absolute atomic E-state index is 12.5. The molecule has 0 saturated carbocycles. The lowest BCUT2D eigenvalue weighted by molar-refractivity contribution is -0.118. The third-order valence-corrected chi connectivity index (χ3v) is 5.05. The third kappa shape index (κ3) is 3.29. The summed E-state index contributed by atoms with van der Waals surface area (Å²) in [5, 5.41) is 3.16. The van der Waals surface area contributed by atoms with Gasteiger partial charge in [-0.05, 0) is 24.3 Å². The molecule has 5 nitrogen and oxygen atoms in total. The zero-order valence-corrected chi connectivity index (χ0v) is 12.1. The minimum Gasteiger partial charge on any atom is -0.593 e. The van der Waals surface area contributed by atoms with E-state index in [1.807, 2.05) is 4.31 Å². The van der Waals surface area contributed by atoms with Crippen LogP contribution in [0.3, 0.4) is 0 Å². The van der Waals surface area contributed by atoms with E-state index in [0.29, 0.717) is 24.6 Å². The van der Waals surface area contributed by atoms with Crippen LogP contribution in [0, 0.1) is 0 Å². The lowest BCUT2D eigenvalue weighted by atomic mass is 9.96. The van der Waals surface area contributed by atoms with E-state index in [0.717, 1.165) is 13.1 Å². The van der Waals surface area contributed by atoms with E-state index in [1.165, 1.54) is 12.1 Å². The Morgan fingerprint density at radius 1 is 1.33 bits per heavy atom. The number of rotatable bonds is 4. The van der Waals surface area contributed by atoms with E-state index in [4.69, 9.17) is 4.74 Å². The number of hydrogen-bond donors (Lipinski definition) is 1. The largest absolute Gasteiger partial charge is 0.593 e. The van der Waals surface area contributed by atoms with Crippen LogP contribution in [0.25, 0.3) is 0 Å².